The number of aromatic nitrogens is 1. The van der Waals surface area contributed by atoms with E-state index in [4.69, 9.17) is 0 Å². The Labute approximate surface area is 128 Å². The zero-order chi connectivity index (χ0) is 15.4. The van der Waals surface area contributed by atoms with E-state index in [9.17, 15) is 9.18 Å². The summed E-state index contributed by atoms with van der Waals surface area (Å²) in [5.74, 6) is -0.0293. The van der Waals surface area contributed by atoms with Gasteiger partial charge in [0.15, 0.2) is 5.78 Å². The Morgan fingerprint density at radius 2 is 2.10 bits per heavy atom. The molecular weight excluding hydrogens is 285 g/mol. The van der Waals surface area contributed by atoms with Gasteiger partial charge in [-0.25, -0.2) is 4.39 Å². The van der Waals surface area contributed by atoms with Crippen molar-refractivity contribution in [2.75, 3.05) is 5.75 Å². The molecule has 1 heterocycles. The van der Waals surface area contributed by atoms with Gasteiger partial charge in [-0.15, -0.1) is 18.3 Å². The number of rotatable bonds is 6. The number of hydrogen-bond donors (Lipinski definition) is 0. The molecule has 1 aromatic heterocycles. The highest BCUT2D eigenvalue weighted by Crippen LogP contribution is 2.24. The lowest BCUT2D eigenvalue weighted by molar-refractivity contribution is 0.102. The van der Waals surface area contributed by atoms with E-state index in [1.54, 1.807) is 18.2 Å². The zero-order valence-electron chi connectivity index (χ0n) is 12.2. The van der Waals surface area contributed by atoms with Crippen molar-refractivity contribution in [1.29, 1.82) is 0 Å². The normalized spacial score (nSPS) is 10.6. The minimum Gasteiger partial charge on any atom is -0.345 e. The maximum Gasteiger partial charge on any atom is 0.174 e. The van der Waals surface area contributed by atoms with Crippen LogP contribution < -0.4 is 0 Å². The van der Waals surface area contributed by atoms with Crippen LogP contribution in [0, 0.1) is 19.7 Å². The lowest BCUT2D eigenvalue weighted by atomic mass is 10.2. The first-order valence-corrected chi connectivity index (χ1v) is 7.71. The molecule has 0 fully saturated rings. The number of halogens is 1. The van der Waals surface area contributed by atoms with Crippen LogP contribution in [0.1, 0.15) is 21.7 Å². The SMILES string of the molecule is C=CCn1c(C)cc(C(=O)CSc2ccccc2F)c1C. The lowest BCUT2D eigenvalue weighted by Gasteiger charge is -2.06. The molecule has 0 aliphatic carbocycles. The number of carbonyl (C=O) groups excluding carboxylic acids is 1. The smallest absolute Gasteiger partial charge is 0.174 e. The second-order valence-electron chi connectivity index (χ2n) is 4.83. The summed E-state index contributed by atoms with van der Waals surface area (Å²) in [7, 11) is 0. The highest BCUT2D eigenvalue weighted by atomic mass is 32.2. The maximum absolute atomic E-state index is 13.5. The van der Waals surface area contributed by atoms with Crippen molar-refractivity contribution < 1.29 is 9.18 Å². The standard InChI is InChI=1S/C17H18FNOS/c1-4-9-19-12(2)10-14(13(19)3)16(20)11-21-17-8-6-5-7-15(17)18/h4-8,10H,1,9,11H2,2-3H3. The predicted molar refractivity (Wildman–Crippen MR) is 85.6 cm³/mol. The average Bonchev–Trinajstić information content (AvgIpc) is 2.75. The number of allylic oxidation sites excluding steroid dienone is 1. The second-order valence-corrected chi connectivity index (χ2v) is 5.84. The Hall–Kier alpha value is -1.81. The Morgan fingerprint density at radius 3 is 2.76 bits per heavy atom. The van der Waals surface area contributed by atoms with Gasteiger partial charge < -0.3 is 4.57 Å². The van der Waals surface area contributed by atoms with Crippen molar-refractivity contribution in [3.63, 3.8) is 0 Å². The molecule has 0 saturated carbocycles. The molecule has 4 heteroatoms. The summed E-state index contributed by atoms with van der Waals surface area (Å²) in [6.45, 7) is 8.31. The molecule has 2 nitrogen and oxygen atoms in total. The number of Topliss-reactive ketones (excluding diaryl/α,β-unsaturated/α-hetero) is 1. The van der Waals surface area contributed by atoms with Crippen molar-refractivity contribution in [3.05, 3.63) is 65.8 Å². The topological polar surface area (TPSA) is 22.0 Å². The summed E-state index contributed by atoms with van der Waals surface area (Å²) in [5.41, 5.74) is 2.68. The van der Waals surface area contributed by atoms with E-state index in [0.717, 1.165) is 11.4 Å². The molecule has 2 aromatic rings. The van der Waals surface area contributed by atoms with Gasteiger partial charge in [-0.1, -0.05) is 18.2 Å². The highest BCUT2D eigenvalue weighted by Gasteiger charge is 2.15. The van der Waals surface area contributed by atoms with Crippen molar-refractivity contribution in [1.82, 2.24) is 4.57 Å². The monoisotopic (exact) mass is 303 g/mol. The van der Waals surface area contributed by atoms with Crippen LogP contribution in [0.15, 0.2) is 47.9 Å². The Bertz CT molecular complexity index is 675. The van der Waals surface area contributed by atoms with Gasteiger partial charge in [0.05, 0.1) is 5.75 Å². The lowest BCUT2D eigenvalue weighted by Crippen LogP contribution is -2.06. The Balaban J connectivity index is 2.12. The van der Waals surface area contributed by atoms with E-state index in [1.807, 2.05) is 30.6 Å². The number of thioether (sulfide) groups is 1. The second kappa shape index (κ2) is 6.76. The molecule has 0 aliphatic heterocycles. The number of aryl methyl sites for hydroxylation is 1. The minimum absolute atomic E-state index is 0.0201. The van der Waals surface area contributed by atoms with E-state index in [2.05, 4.69) is 6.58 Å². The van der Waals surface area contributed by atoms with Gasteiger partial charge >= 0.3 is 0 Å². The van der Waals surface area contributed by atoms with Crippen LogP contribution in [0.25, 0.3) is 0 Å². The van der Waals surface area contributed by atoms with Crippen molar-refractivity contribution >= 4 is 17.5 Å². The van der Waals surface area contributed by atoms with Crippen molar-refractivity contribution in [2.45, 2.75) is 25.3 Å². The van der Waals surface area contributed by atoms with Crippen molar-refractivity contribution in [2.24, 2.45) is 0 Å². The number of carbonyl (C=O) groups is 1. The molecule has 1 aromatic carbocycles. The van der Waals surface area contributed by atoms with Gasteiger partial charge in [-0.2, -0.15) is 0 Å². The molecule has 21 heavy (non-hydrogen) atoms. The van der Waals surface area contributed by atoms with Gasteiger partial charge in [-0.3, -0.25) is 4.79 Å². The molecule has 0 unspecified atom stereocenters. The summed E-state index contributed by atoms with van der Waals surface area (Å²) in [5, 5.41) is 0. The third-order valence-corrected chi connectivity index (χ3v) is 4.43. The third-order valence-electron chi connectivity index (χ3n) is 3.38. The van der Waals surface area contributed by atoms with Crippen LogP contribution in [-0.2, 0) is 6.54 Å². The first-order valence-electron chi connectivity index (χ1n) is 6.72. The molecule has 0 radical (unpaired) electrons. The first kappa shape index (κ1) is 15.6. The molecule has 0 saturated heterocycles. The van der Waals surface area contributed by atoms with Crippen LogP contribution >= 0.6 is 11.8 Å². The van der Waals surface area contributed by atoms with Crippen LogP contribution in [0.2, 0.25) is 0 Å². The van der Waals surface area contributed by atoms with Gasteiger partial charge in [0.25, 0.3) is 0 Å². The highest BCUT2D eigenvalue weighted by molar-refractivity contribution is 8.00. The minimum atomic E-state index is -0.285. The van der Waals surface area contributed by atoms with E-state index >= 15 is 0 Å². The average molecular weight is 303 g/mol. The first-order chi connectivity index (χ1) is 10.0. The molecule has 0 aliphatic rings. The summed E-state index contributed by atoms with van der Waals surface area (Å²) in [6.07, 6.45) is 1.81. The van der Waals surface area contributed by atoms with Crippen LogP contribution in [0.3, 0.4) is 0 Å². The molecule has 0 atom stereocenters. The summed E-state index contributed by atoms with van der Waals surface area (Å²) in [4.78, 5) is 12.8. The molecule has 0 N–H and O–H groups in total. The summed E-state index contributed by atoms with van der Waals surface area (Å²) < 4.78 is 15.6. The van der Waals surface area contributed by atoms with Gasteiger partial charge in [0, 0.05) is 28.4 Å². The largest absolute Gasteiger partial charge is 0.345 e. The zero-order valence-corrected chi connectivity index (χ0v) is 13.0. The molecular formula is C17H18FNOS. The van der Waals surface area contributed by atoms with E-state index in [-0.39, 0.29) is 17.4 Å². The predicted octanol–water partition coefficient (Wildman–Crippen LogP) is 4.41. The fraction of sp³-hybridized carbons (Fsp3) is 0.235. The summed E-state index contributed by atoms with van der Waals surface area (Å²) in [6, 6.07) is 8.40. The molecule has 0 spiro atoms. The fourth-order valence-electron chi connectivity index (χ4n) is 2.28. The van der Waals surface area contributed by atoms with Crippen molar-refractivity contribution in [3.8, 4) is 0 Å². The number of benzene rings is 1. The van der Waals surface area contributed by atoms with E-state index in [0.29, 0.717) is 17.0 Å². The molecule has 0 amide bonds. The molecule has 0 bridgehead atoms. The van der Waals surface area contributed by atoms with Crippen LogP contribution in [-0.4, -0.2) is 16.1 Å². The molecule has 2 rings (SSSR count). The Morgan fingerprint density at radius 1 is 1.38 bits per heavy atom. The van der Waals surface area contributed by atoms with E-state index < -0.39 is 0 Å². The van der Waals surface area contributed by atoms with E-state index in [1.165, 1.54) is 17.8 Å². The number of ketones is 1. The van der Waals surface area contributed by atoms with Gasteiger partial charge in [-0.05, 0) is 32.0 Å². The Kier molecular flexibility index (Phi) is 5.02. The quantitative estimate of drug-likeness (QED) is 0.448. The number of nitrogens with zero attached hydrogens (tertiary/aromatic N) is 1. The van der Waals surface area contributed by atoms with Gasteiger partial charge in [0.1, 0.15) is 5.82 Å². The molecule has 110 valence electrons. The maximum atomic E-state index is 13.5. The number of hydrogen-bond acceptors (Lipinski definition) is 2. The fourth-order valence-corrected chi connectivity index (χ4v) is 3.10. The van der Waals surface area contributed by atoms with Gasteiger partial charge in [0.2, 0.25) is 0 Å². The van der Waals surface area contributed by atoms with Crippen LogP contribution in [0.4, 0.5) is 4.39 Å². The third kappa shape index (κ3) is 3.45. The van der Waals surface area contributed by atoms with Crippen LogP contribution in [0.5, 0.6) is 0 Å². The summed E-state index contributed by atoms with van der Waals surface area (Å²) >= 11 is 1.23.